The lowest BCUT2D eigenvalue weighted by Gasteiger charge is -2.16. The standard InChI is InChI=1S/C22H21N3O2S/c1-28-14-18-17-7-3-5-9-20(17)27-21(18)22(26)24-11-10-16(13-24)25-19-8-4-2-6-15(19)12-23-25/h2-9,12,16H,10-11,13-14H2,1H3/t16-/m0/s1. The number of carbonyl (C=O) groups excluding carboxylic acids is 1. The molecule has 0 aliphatic carbocycles. The first kappa shape index (κ1) is 17.4. The fourth-order valence-corrected chi connectivity index (χ4v) is 4.69. The van der Waals surface area contributed by atoms with Gasteiger partial charge in [0.25, 0.3) is 5.91 Å². The highest BCUT2D eigenvalue weighted by Gasteiger charge is 2.32. The topological polar surface area (TPSA) is 51.3 Å². The Kier molecular flexibility index (Phi) is 4.36. The number of thioether (sulfide) groups is 1. The number of nitrogens with zero attached hydrogens (tertiary/aromatic N) is 3. The van der Waals surface area contributed by atoms with E-state index in [0.717, 1.165) is 39.6 Å². The van der Waals surface area contributed by atoms with Gasteiger partial charge in [0.15, 0.2) is 5.76 Å². The van der Waals surface area contributed by atoms with E-state index >= 15 is 0 Å². The monoisotopic (exact) mass is 391 g/mol. The van der Waals surface area contributed by atoms with Crippen LogP contribution in [0.25, 0.3) is 21.9 Å². The molecule has 3 heterocycles. The molecule has 2 aromatic carbocycles. The SMILES string of the molecule is CSCc1c(C(=O)N2CC[C@H](n3ncc4ccccc43)C2)oc2ccccc12. The van der Waals surface area contributed by atoms with Crippen molar-refractivity contribution in [3.63, 3.8) is 0 Å². The molecule has 0 unspecified atom stereocenters. The number of para-hydroxylation sites is 2. The number of amides is 1. The summed E-state index contributed by atoms with van der Waals surface area (Å²) in [6, 6.07) is 16.3. The number of benzene rings is 2. The van der Waals surface area contributed by atoms with Crippen LogP contribution in [0.1, 0.15) is 28.6 Å². The molecule has 1 fully saturated rings. The molecule has 4 aromatic rings. The van der Waals surface area contributed by atoms with Crippen molar-refractivity contribution in [2.24, 2.45) is 0 Å². The summed E-state index contributed by atoms with van der Waals surface area (Å²) < 4.78 is 8.05. The average Bonchev–Trinajstić information content (AvgIpc) is 3.44. The van der Waals surface area contributed by atoms with Crippen LogP contribution >= 0.6 is 11.8 Å². The van der Waals surface area contributed by atoms with Crippen LogP contribution < -0.4 is 0 Å². The minimum Gasteiger partial charge on any atom is -0.451 e. The van der Waals surface area contributed by atoms with Crippen LogP contribution in [0.3, 0.4) is 0 Å². The number of carbonyl (C=O) groups is 1. The third-order valence-electron chi connectivity index (χ3n) is 5.48. The van der Waals surface area contributed by atoms with Crippen molar-refractivity contribution in [1.82, 2.24) is 14.7 Å². The smallest absolute Gasteiger partial charge is 0.290 e. The third-order valence-corrected chi connectivity index (χ3v) is 6.06. The number of likely N-dealkylation sites (tertiary alicyclic amines) is 1. The van der Waals surface area contributed by atoms with Crippen molar-refractivity contribution in [2.45, 2.75) is 18.2 Å². The van der Waals surface area contributed by atoms with Crippen LogP contribution in [-0.2, 0) is 5.75 Å². The predicted octanol–water partition coefficient (Wildman–Crippen LogP) is 4.73. The largest absolute Gasteiger partial charge is 0.451 e. The second-order valence-electron chi connectivity index (χ2n) is 7.18. The molecule has 0 spiro atoms. The zero-order valence-corrected chi connectivity index (χ0v) is 16.5. The summed E-state index contributed by atoms with van der Waals surface area (Å²) in [5.41, 5.74) is 2.90. The number of aromatic nitrogens is 2. The Morgan fingerprint density at radius 3 is 2.93 bits per heavy atom. The van der Waals surface area contributed by atoms with Crippen LogP contribution in [0.15, 0.2) is 59.1 Å². The van der Waals surface area contributed by atoms with E-state index in [1.165, 1.54) is 0 Å². The van der Waals surface area contributed by atoms with E-state index < -0.39 is 0 Å². The van der Waals surface area contributed by atoms with E-state index in [0.29, 0.717) is 18.8 Å². The minimum absolute atomic E-state index is 0.0146. The molecule has 2 aromatic heterocycles. The zero-order valence-electron chi connectivity index (χ0n) is 15.7. The first-order chi connectivity index (χ1) is 13.8. The molecule has 5 nitrogen and oxygen atoms in total. The van der Waals surface area contributed by atoms with Crippen LogP contribution in [-0.4, -0.2) is 39.9 Å². The van der Waals surface area contributed by atoms with E-state index in [-0.39, 0.29) is 11.9 Å². The van der Waals surface area contributed by atoms with Gasteiger partial charge in [-0.1, -0.05) is 36.4 Å². The molecule has 1 amide bonds. The molecule has 1 aliphatic rings. The van der Waals surface area contributed by atoms with E-state index in [2.05, 4.69) is 21.9 Å². The fraction of sp³-hybridized carbons (Fsp3) is 0.273. The highest BCUT2D eigenvalue weighted by atomic mass is 32.2. The van der Waals surface area contributed by atoms with Crippen molar-refractivity contribution in [3.05, 3.63) is 66.1 Å². The van der Waals surface area contributed by atoms with Crippen LogP contribution in [0.2, 0.25) is 0 Å². The molecule has 1 atom stereocenters. The number of hydrogen-bond acceptors (Lipinski definition) is 4. The lowest BCUT2D eigenvalue weighted by Crippen LogP contribution is -2.29. The van der Waals surface area contributed by atoms with Crippen LogP contribution in [0.4, 0.5) is 0 Å². The average molecular weight is 391 g/mol. The summed E-state index contributed by atoms with van der Waals surface area (Å²) in [5, 5.41) is 6.74. The molecule has 1 saturated heterocycles. The van der Waals surface area contributed by atoms with Crippen molar-refractivity contribution in [1.29, 1.82) is 0 Å². The minimum atomic E-state index is -0.0146. The lowest BCUT2D eigenvalue weighted by atomic mass is 10.1. The Bertz CT molecular complexity index is 1160. The Balaban J connectivity index is 1.44. The molecule has 0 bridgehead atoms. The number of furan rings is 1. The Labute approximate surface area is 167 Å². The van der Waals surface area contributed by atoms with E-state index in [1.54, 1.807) is 11.8 Å². The Morgan fingerprint density at radius 2 is 2.04 bits per heavy atom. The summed E-state index contributed by atoms with van der Waals surface area (Å²) in [7, 11) is 0. The van der Waals surface area contributed by atoms with Gasteiger partial charge in [0.2, 0.25) is 0 Å². The second-order valence-corrected chi connectivity index (χ2v) is 8.05. The highest BCUT2D eigenvalue weighted by molar-refractivity contribution is 7.97. The molecule has 1 aliphatic heterocycles. The zero-order chi connectivity index (χ0) is 19.1. The van der Waals surface area contributed by atoms with Gasteiger partial charge in [-0.25, -0.2) is 0 Å². The quantitative estimate of drug-likeness (QED) is 0.504. The Hall–Kier alpha value is -2.73. The molecule has 28 heavy (non-hydrogen) atoms. The van der Waals surface area contributed by atoms with Gasteiger partial charge in [-0.15, -0.1) is 0 Å². The summed E-state index contributed by atoms with van der Waals surface area (Å²) in [4.78, 5) is 15.2. The van der Waals surface area contributed by atoms with E-state index in [1.807, 2.05) is 53.8 Å². The molecule has 0 N–H and O–H groups in total. The molecule has 0 saturated carbocycles. The Morgan fingerprint density at radius 1 is 1.21 bits per heavy atom. The van der Waals surface area contributed by atoms with Gasteiger partial charge in [-0.05, 0) is 24.8 Å². The second kappa shape index (κ2) is 7.02. The van der Waals surface area contributed by atoms with E-state index in [9.17, 15) is 4.79 Å². The van der Waals surface area contributed by atoms with Crippen molar-refractivity contribution in [2.75, 3.05) is 19.3 Å². The van der Waals surface area contributed by atoms with Gasteiger partial charge >= 0.3 is 0 Å². The van der Waals surface area contributed by atoms with Gasteiger partial charge in [-0.3, -0.25) is 9.48 Å². The number of rotatable bonds is 4. The third kappa shape index (κ3) is 2.79. The molecule has 0 radical (unpaired) electrons. The van der Waals surface area contributed by atoms with Gasteiger partial charge in [0.05, 0.1) is 17.8 Å². The number of fused-ring (bicyclic) bond motifs is 2. The summed E-state index contributed by atoms with van der Waals surface area (Å²) >= 11 is 1.70. The lowest BCUT2D eigenvalue weighted by molar-refractivity contribution is 0.0757. The van der Waals surface area contributed by atoms with Gasteiger partial charge in [0, 0.05) is 35.2 Å². The molecule has 6 heteroatoms. The van der Waals surface area contributed by atoms with Crippen LogP contribution in [0.5, 0.6) is 0 Å². The molecular weight excluding hydrogens is 370 g/mol. The van der Waals surface area contributed by atoms with Gasteiger partial charge in [-0.2, -0.15) is 16.9 Å². The summed E-state index contributed by atoms with van der Waals surface area (Å²) in [6.07, 6.45) is 4.84. The van der Waals surface area contributed by atoms with Crippen molar-refractivity contribution < 1.29 is 9.21 Å². The summed E-state index contributed by atoms with van der Waals surface area (Å²) in [6.45, 7) is 1.37. The van der Waals surface area contributed by atoms with Crippen molar-refractivity contribution in [3.8, 4) is 0 Å². The van der Waals surface area contributed by atoms with Gasteiger partial charge in [0.1, 0.15) is 5.58 Å². The molecule has 5 rings (SSSR count). The highest BCUT2D eigenvalue weighted by Crippen LogP contribution is 2.32. The van der Waals surface area contributed by atoms with Gasteiger partial charge < -0.3 is 9.32 Å². The fourth-order valence-electron chi connectivity index (χ4n) is 4.11. The molecular formula is C22H21N3O2S. The number of hydrogen-bond donors (Lipinski definition) is 0. The van der Waals surface area contributed by atoms with Crippen LogP contribution in [0, 0.1) is 0 Å². The molecule has 142 valence electrons. The van der Waals surface area contributed by atoms with E-state index in [4.69, 9.17) is 4.42 Å². The maximum Gasteiger partial charge on any atom is 0.290 e. The maximum absolute atomic E-state index is 13.3. The first-order valence-corrected chi connectivity index (χ1v) is 10.9. The summed E-state index contributed by atoms with van der Waals surface area (Å²) in [5.74, 6) is 1.24. The predicted molar refractivity (Wildman–Crippen MR) is 113 cm³/mol. The van der Waals surface area contributed by atoms with Crippen molar-refractivity contribution >= 4 is 39.5 Å². The first-order valence-electron chi connectivity index (χ1n) is 9.47. The maximum atomic E-state index is 13.3. The normalized spacial score (nSPS) is 17.0.